The van der Waals surface area contributed by atoms with E-state index in [9.17, 15) is 4.79 Å². The van der Waals surface area contributed by atoms with E-state index in [0.717, 1.165) is 29.9 Å². The highest BCUT2D eigenvalue weighted by atomic mass is 79.9. The first-order valence-electron chi connectivity index (χ1n) is 5.82. The molecule has 0 spiro atoms. The van der Waals surface area contributed by atoms with Gasteiger partial charge in [0.15, 0.2) is 0 Å². The summed E-state index contributed by atoms with van der Waals surface area (Å²) in [6.45, 7) is 3.07. The van der Waals surface area contributed by atoms with Crippen LogP contribution in [0, 0.1) is 0 Å². The van der Waals surface area contributed by atoms with Gasteiger partial charge in [0.25, 0.3) is 5.91 Å². The highest BCUT2D eigenvalue weighted by Crippen LogP contribution is 2.20. The fraction of sp³-hybridized carbons (Fsp3) is 0.417. The first-order valence-corrected chi connectivity index (χ1v) is 6.61. The quantitative estimate of drug-likeness (QED) is 0.773. The molecular formula is C12H16BrN3O2. The number of morpholine rings is 1. The summed E-state index contributed by atoms with van der Waals surface area (Å²) in [6.07, 6.45) is 0.114. The third-order valence-electron chi connectivity index (χ3n) is 2.77. The van der Waals surface area contributed by atoms with Crippen LogP contribution in [0.25, 0.3) is 0 Å². The third kappa shape index (κ3) is 3.44. The number of nitrogens with one attached hydrogen (secondary N) is 2. The van der Waals surface area contributed by atoms with Gasteiger partial charge in [-0.3, -0.25) is 4.79 Å². The predicted octanol–water partition coefficient (Wildman–Crippen LogP) is 0.948. The Bertz CT molecular complexity index is 433. The second-order valence-electron chi connectivity index (χ2n) is 4.13. The molecule has 1 aliphatic heterocycles. The summed E-state index contributed by atoms with van der Waals surface area (Å²) in [5, 5.41) is 6.46. The number of halogens is 1. The van der Waals surface area contributed by atoms with Crippen molar-refractivity contribution in [2.45, 2.75) is 6.10 Å². The van der Waals surface area contributed by atoms with Gasteiger partial charge in [0, 0.05) is 29.8 Å². The Kier molecular flexibility index (Phi) is 4.57. The van der Waals surface area contributed by atoms with E-state index in [2.05, 4.69) is 26.6 Å². The molecule has 1 fully saturated rings. The molecule has 0 aliphatic carbocycles. The maximum Gasteiger partial charge on any atom is 0.250 e. The van der Waals surface area contributed by atoms with Crippen molar-refractivity contribution in [1.29, 1.82) is 0 Å². The normalized spacial score (nSPS) is 19.5. The number of hydrogen-bond acceptors (Lipinski definition) is 4. The van der Waals surface area contributed by atoms with E-state index in [1.165, 1.54) is 0 Å². The van der Waals surface area contributed by atoms with Crippen LogP contribution in [0.3, 0.4) is 0 Å². The molecule has 1 aromatic rings. The van der Waals surface area contributed by atoms with Gasteiger partial charge in [0.1, 0.15) is 0 Å². The van der Waals surface area contributed by atoms with Gasteiger partial charge in [0.05, 0.1) is 18.3 Å². The third-order valence-corrected chi connectivity index (χ3v) is 3.26. The molecule has 0 aromatic heterocycles. The fourth-order valence-electron chi connectivity index (χ4n) is 1.85. The monoisotopic (exact) mass is 313 g/mol. The van der Waals surface area contributed by atoms with Crippen molar-refractivity contribution in [3.8, 4) is 0 Å². The molecule has 1 heterocycles. The summed E-state index contributed by atoms with van der Waals surface area (Å²) < 4.78 is 6.40. The average molecular weight is 314 g/mol. The molecule has 2 rings (SSSR count). The first-order chi connectivity index (χ1) is 8.66. The second kappa shape index (κ2) is 6.17. The van der Waals surface area contributed by atoms with Crippen molar-refractivity contribution in [1.82, 2.24) is 5.32 Å². The van der Waals surface area contributed by atoms with E-state index >= 15 is 0 Å². The summed E-state index contributed by atoms with van der Waals surface area (Å²) in [5.74, 6) is -0.443. The van der Waals surface area contributed by atoms with Gasteiger partial charge in [-0.05, 0) is 18.2 Å². The zero-order chi connectivity index (χ0) is 13.0. The van der Waals surface area contributed by atoms with Gasteiger partial charge in [0.2, 0.25) is 0 Å². The van der Waals surface area contributed by atoms with Crippen LogP contribution in [0.4, 0.5) is 5.69 Å². The standard InChI is InChI=1S/C12H16BrN3O2/c13-8-1-2-11(10(5-8)12(14)17)16-7-9-6-15-3-4-18-9/h1-2,5,9,15-16H,3-4,6-7H2,(H2,14,17). The lowest BCUT2D eigenvalue weighted by Gasteiger charge is -2.24. The molecule has 0 saturated carbocycles. The molecule has 1 saturated heterocycles. The number of rotatable bonds is 4. The molecule has 4 N–H and O–H groups in total. The number of primary amides is 1. The molecule has 1 amide bonds. The summed E-state index contributed by atoms with van der Waals surface area (Å²) in [4.78, 5) is 11.3. The molecular weight excluding hydrogens is 298 g/mol. The average Bonchev–Trinajstić information content (AvgIpc) is 2.38. The molecule has 1 aromatic carbocycles. The zero-order valence-corrected chi connectivity index (χ0v) is 11.5. The summed E-state index contributed by atoms with van der Waals surface area (Å²) in [6, 6.07) is 5.42. The maximum atomic E-state index is 11.3. The molecule has 1 unspecified atom stereocenters. The van der Waals surface area contributed by atoms with Crippen LogP contribution in [0.2, 0.25) is 0 Å². The first kappa shape index (κ1) is 13.3. The number of amides is 1. The maximum absolute atomic E-state index is 11.3. The fourth-order valence-corrected chi connectivity index (χ4v) is 2.21. The lowest BCUT2D eigenvalue weighted by Crippen LogP contribution is -2.42. The Morgan fingerprint density at radius 3 is 3.11 bits per heavy atom. The Morgan fingerprint density at radius 1 is 1.61 bits per heavy atom. The SMILES string of the molecule is NC(=O)c1cc(Br)ccc1NCC1CNCCO1. The van der Waals surface area contributed by atoms with Crippen molar-refractivity contribution in [2.75, 3.05) is 31.6 Å². The molecule has 0 bridgehead atoms. The van der Waals surface area contributed by atoms with Crippen LogP contribution < -0.4 is 16.4 Å². The molecule has 1 aliphatic rings. The summed E-state index contributed by atoms with van der Waals surface area (Å²) >= 11 is 3.32. The Morgan fingerprint density at radius 2 is 2.44 bits per heavy atom. The number of carbonyl (C=O) groups is 1. The van der Waals surface area contributed by atoms with E-state index < -0.39 is 5.91 Å². The Balaban J connectivity index is 2.01. The largest absolute Gasteiger partial charge is 0.382 e. The van der Waals surface area contributed by atoms with Gasteiger partial charge in [-0.15, -0.1) is 0 Å². The molecule has 18 heavy (non-hydrogen) atoms. The molecule has 0 radical (unpaired) electrons. The molecule has 1 atom stereocenters. The van der Waals surface area contributed by atoms with Crippen molar-refractivity contribution in [3.63, 3.8) is 0 Å². The van der Waals surface area contributed by atoms with E-state index in [1.807, 2.05) is 12.1 Å². The predicted molar refractivity (Wildman–Crippen MR) is 73.8 cm³/mol. The van der Waals surface area contributed by atoms with Crippen LogP contribution in [-0.4, -0.2) is 38.3 Å². The van der Waals surface area contributed by atoms with Gasteiger partial charge < -0.3 is 21.1 Å². The van der Waals surface area contributed by atoms with Crippen LogP contribution in [0.5, 0.6) is 0 Å². The number of ether oxygens (including phenoxy) is 1. The molecule has 5 nitrogen and oxygen atoms in total. The van der Waals surface area contributed by atoms with Crippen molar-refractivity contribution >= 4 is 27.5 Å². The van der Waals surface area contributed by atoms with Gasteiger partial charge in [-0.25, -0.2) is 0 Å². The summed E-state index contributed by atoms with van der Waals surface area (Å²) in [7, 11) is 0. The lowest BCUT2D eigenvalue weighted by atomic mass is 10.1. The number of benzene rings is 1. The van der Waals surface area contributed by atoms with E-state index in [1.54, 1.807) is 6.07 Å². The Labute approximate surface area is 114 Å². The summed E-state index contributed by atoms with van der Waals surface area (Å²) in [5.41, 5.74) is 6.56. The molecule has 6 heteroatoms. The van der Waals surface area contributed by atoms with E-state index in [4.69, 9.17) is 10.5 Å². The number of nitrogens with two attached hydrogens (primary N) is 1. The second-order valence-corrected chi connectivity index (χ2v) is 5.05. The van der Waals surface area contributed by atoms with Crippen LogP contribution in [0.1, 0.15) is 10.4 Å². The van der Waals surface area contributed by atoms with Crippen molar-refractivity contribution in [3.05, 3.63) is 28.2 Å². The van der Waals surface area contributed by atoms with Gasteiger partial charge in [-0.1, -0.05) is 15.9 Å². The minimum absolute atomic E-state index is 0.114. The van der Waals surface area contributed by atoms with Crippen LogP contribution >= 0.6 is 15.9 Å². The number of anilines is 1. The highest BCUT2D eigenvalue weighted by molar-refractivity contribution is 9.10. The number of carbonyl (C=O) groups excluding carboxylic acids is 1. The van der Waals surface area contributed by atoms with E-state index in [-0.39, 0.29) is 6.10 Å². The Hall–Kier alpha value is -1.11. The number of hydrogen-bond donors (Lipinski definition) is 3. The highest BCUT2D eigenvalue weighted by Gasteiger charge is 2.14. The van der Waals surface area contributed by atoms with Crippen LogP contribution in [-0.2, 0) is 4.74 Å². The minimum atomic E-state index is -0.443. The van der Waals surface area contributed by atoms with Crippen molar-refractivity contribution in [2.24, 2.45) is 5.73 Å². The van der Waals surface area contributed by atoms with Gasteiger partial charge >= 0.3 is 0 Å². The van der Waals surface area contributed by atoms with E-state index in [0.29, 0.717) is 12.1 Å². The van der Waals surface area contributed by atoms with Gasteiger partial charge in [-0.2, -0.15) is 0 Å². The van der Waals surface area contributed by atoms with Crippen molar-refractivity contribution < 1.29 is 9.53 Å². The topological polar surface area (TPSA) is 76.4 Å². The van der Waals surface area contributed by atoms with Crippen LogP contribution in [0.15, 0.2) is 22.7 Å². The molecule has 98 valence electrons. The zero-order valence-electron chi connectivity index (χ0n) is 9.91. The lowest BCUT2D eigenvalue weighted by molar-refractivity contribution is 0.0372. The minimum Gasteiger partial charge on any atom is -0.382 e. The smallest absolute Gasteiger partial charge is 0.250 e.